The third-order valence-electron chi connectivity index (χ3n) is 6.60. The van der Waals surface area contributed by atoms with Crippen LogP contribution in [0, 0.1) is 11.8 Å². The fourth-order valence-electron chi connectivity index (χ4n) is 4.88. The number of rotatable bonds is 5. The van der Waals surface area contributed by atoms with Gasteiger partial charge in [-0.2, -0.15) is 0 Å². The third kappa shape index (κ3) is 3.75. The van der Waals surface area contributed by atoms with Crippen LogP contribution < -0.4 is 0 Å². The summed E-state index contributed by atoms with van der Waals surface area (Å²) in [5.41, 5.74) is 1.19. The Morgan fingerprint density at radius 1 is 1.16 bits per heavy atom. The van der Waals surface area contributed by atoms with Crippen molar-refractivity contribution in [1.29, 1.82) is 0 Å². The number of nitrogens with zero attached hydrogens (tertiary/aromatic N) is 4. The van der Waals surface area contributed by atoms with E-state index in [0.717, 1.165) is 32.4 Å². The largest absolute Gasteiger partial charge is 0.342 e. The maximum atomic E-state index is 12.6. The normalized spacial score (nSPS) is 28.3. The van der Waals surface area contributed by atoms with Crippen molar-refractivity contribution in [3.8, 4) is 0 Å². The van der Waals surface area contributed by atoms with E-state index in [2.05, 4.69) is 33.0 Å². The number of carbonyl (C=O) groups excluding carboxylic acids is 1. The minimum absolute atomic E-state index is 0.334. The molecule has 5 nitrogen and oxygen atoms in total. The van der Waals surface area contributed by atoms with Crippen LogP contribution in [-0.4, -0.2) is 38.9 Å². The molecule has 5 heteroatoms. The molecule has 1 amide bonds. The highest BCUT2D eigenvalue weighted by molar-refractivity contribution is 5.81. The van der Waals surface area contributed by atoms with E-state index < -0.39 is 0 Å². The first-order chi connectivity index (χ1) is 12.3. The molecule has 1 saturated heterocycles. The van der Waals surface area contributed by atoms with Gasteiger partial charge in [0.05, 0.1) is 11.7 Å². The van der Waals surface area contributed by atoms with Crippen molar-refractivity contribution >= 4 is 5.91 Å². The summed E-state index contributed by atoms with van der Waals surface area (Å²) in [7, 11) is 0. The molecule has 25 heavy (non-hydrogen) atoms. The zero-order chi connectivity index (χ0) is 17.2. The van der Waals surface area contributed by atoms with Gasteiger partial charge in [-0.3, -0.25) is 4.79 Å². The molecule has 1 aromatic rings. The second-order valence-corrected chi connectivity index (χ2v) is 8.41. The zero-order valence-corrected chi connectivity index (χ0v) is 15.6. The summed E-state index contributed by atoms with van der Waals surface area (Å²) in [5, 5.41) is 8.90. The molecule has 0 spiro atoms. The molecule has 3 aliphatic rings. The number of hydrogen-bond acceptors (Lipinski definition) is 3. The van der Waals surface area contributed by atoms with Gasteiger partial charge in [-0.25, -0.2) is 4.68 Å². The second kappa shape index (κ2) is 7.46. The van der Waals surface area contributed by atoms with Crippen molar-refractivity contribution in [3.05, 3.63) is 11.9 Å². The van der Waals surface area contributed by atoms with E-state index in [9.17, 15) is 4.79 Å². The number of piperidine rings is 1. The summed E-state index contributed by atoms with van der Waals surface area (Å²) in [5.74, 6) is 2.04. The van der Waals surface area contributed by atoms with E-state index in [1.807, 2.05) is 0 Å². The maximum Gasteiger partial charge on any atom is 0.225 e. The van der Waals surface area contributed by atoms with Crippen molar-refractivity contribution in [3.63, 3.8) is 0 Å². The highest BCUT2D eigenvalue weighted by atomic mass is 16.2. The molecule has 138 valence electrons. The van der Waals surface area contributed by atoms with Crippen molar-refractivity contribution in [2.45, 2.75) is 83.1 Å². The minimum atomic E-state index is 0.334. The van der Waals surface area contributed by atoms with Gasteiger partial charge in [-0.1, -0.05) is 37.8 Å². The molecule has 2 heterocycles. The van der Waals surface area contributed by atoms with Crippen LogP contribution in [0.3, 0.4) is 0 Å². The Hall–Kier alpha value is -1.39. The number of amides is 1. The van der Waals surface area contributed by atoms with E-state index in [0.29, 0.717) is 29.7 Å². The van der Waals surface area contributed by atoms with Crippen LogP contribution in [0.15, 0.2) is 6.20 Å². The lowest BCUT2D eigenvalue weighted by Crippen LogP contribution is -2.40. The smallest absolute Gasteiger partial charge is 0.225 e. The van der Waals surface area contributed by atoms with E-state index >= 15 is 0 Å². The first kappa shape index (κ1) is 17.0. The van der Waals surface area contributed by atoms with Crippen LogP contribution in [0.1, 0.15) is 88.8 Å². The van der Waals surface area contributed by atoms with Crippen molar-refractivity contribution in [2.24, 2.45) is 11.8 Å². The van der Waals surface area contributed by atoms with E-state index in [-0.39, 0.29) is 0 Å². The Morgan fingerprint density at radius 3 is 2.64 bits per heavy atom. The van der Waals surface area contributed by atoms with Gasteiger partial charge in [0.25, 0.3) is 0 Å². The van der Waals surface area contributed by atoms with Gasteiger partial charge in [0.2, 0.25) is 5.91 Å². The molecule has 1 aromatic heterocycles. The molecule has 1 aliphatic heterocycles. The number of hydrogen-bond donors (Lipinski definition) is 0. The highest BCUT2D eigenvalue weighted by Gasteiger charge is 2.44. The first-order valence-corrected chi connectivity index (χ1v) is 10.5. The first-order valence-electron chi connectivity index (χ1n) is 10.5. The molecule has 0 aromatic carbocycles. The number of aromatic nitrogens is 3. The van der Waals surface area contributed by atoms with Gasteiger partial charge in [0, 0.05) is 31.1 Å². The Kier molecular flexibility index (Phi) is 5.09. The molecule has 2 aliphatic carbocycles. The average Bonchev–Trinajstić information content (AvgIpc) is 3.25. The monoisotopic (exact) mass is 344 g/mol. The van der Waals surface area contributed by atoms with Crippen LogP contribution in [0.5, 0.6) is 0 Å². The number of carbonyl (C=O) groups is 1. The predicted molar refractivity (Wildman–Crippen MR) is 97.2 cm³/mol. The van der Waals surface area contributed by atoms with Gasteiger partial charge in [-0.15, -0.1) is 5.10 Å². The quantitative estimate of drug-likeness (QED) is 0.813. The van der Waals surface area contributed by atoms with E-state index in [1.54, 1.807) is 0 Å². The average molecular weight is 345 g/mol. The molecule has 3 fully saturated rings. The van der Waals surface area contributed by atoms with E-state index in [4.69, 9.17) is 0 Å². The van der Waals surface area contributed by atoms with Gasteiger partial charge < -0.3 is 4.90 Å². The maximum absolute atomic E-state index is 12.6. The zero-order valence-electron chi connectivity index (χ0n) is 15.6. The number of likely N-dealkylation sites (tertiary alicyclic amines) is 1. The molecular weight excluding hydrogens is 312 g/mol. The Balaban J connectivity index is 1.29. The summed E-state index contributed by atoms with van der Waals surface area (Å²) in [6.07, 6.45) is 14.3. The van der Waals surface area contributed by atoms with Crippen LogP contribution in [0.4, 0.5) is 0 Å². The van der Waals surface area contributed by atoms with Gasteiger partial charge in [0.1, 0.15) is 0 Å². The lowest BCUT2D eigenvalue weighted by Gasteiger charge is -2.32. The van der Waals surface area contributed by atoms with Gasteiger partial charge >= 0.3 is 0 Å². The molecule has 4 rings (SSSR count). The minimum Gasteiger partial charge on any atom is -0.342 e. The highest BCUT2D eigenvalue weighted by Crippen LogP contribution is 2.43. The van der Waals surface area contributed by atoms with Crippen LogP contribution in [0.25, 0.3) is 0 Å². The predicted octanol–water partition coefficient (Wildman–Crippen LogP) is 3.93. The topological polar surface area (TPSA) is 51.0 Å². The third-order valence-corrected chi connectivity index (χ3v) is 6.60. The lowest BCUT2D eigenvalue weighted by atomic mass is 9.87. The van der Waals surface area contributed by atoms with Crippen LogP contribution in [-0.2, 0) is 4.79 Å². The Bertz CT molecular complexity index is 584. The van der Waals surface area contributed by atoms with Crippen LogP contribution >= 0.6 is 0 Å². The van der Waals surface area contributed by atoms with Crippen molar-refractivity contribution in [2.75, 3.05) is 13.1 Å². The lowest BCUT2D eigenvalue weighted by molar-refractivity contribution is -0.134. The van der Waals surface area contributed by atoms with Gasteiger partial charge in [-0.05, 0) is 44.4 Å². The molecule has 2 saturated carbocycles. The SMILES string of the molecule is CCC[C@@H]1C[C@@H]1C(=O)N1CCC(n2cc(C3CCCCC3)nn2)CC1. The molecule has 2 atom stereocenters. The molecule has 0 radical (unpaired) electrons. The Morgan fingerprint density at radius 2 is 1.92 bits per heavy atom. The molecular formula is C20H32N4O. The summed E-state index contributed by atoms with van der Waals surface area (Å²) >= 11 is 0. The standard InChI is InChI=1S/C20H32N4O/c1-2-6-16-13-18(16)20(25)23-11-9-17(10-12-23)24-14-19(21-22-24)15-7-4-3-5-8-15/h14-18H,2-13H2,1H3/t16-,18+/m1/s1. The fraction of sp³-hybridized carbons (Fsp3) is 0.850. The molecule has 0 N–H and O–H groups in total. The fourth-order valence-corrected chi connectivity index (χ4v) is 4.88. The molecule has 0 unspecified atom stereocenters. The summed E-state index contributed by atoms with van der Waals surface area (Å²) < 4.78 is 2.09. The Labute approximate surface area is 151 Å². The summed E-state index contributed by atoms with van der Waals surface area (Å²) in [6, 6.07) is 0.416. The van der Waals surface area contributed by atoms with Crippen molar-refractivity contribution < 1.29 is 4.79 Å². The van der Waals surface area contributed by atoms with Crippen molar-refractivity contribution in [1.82, 2.24) is 19.9 Å². The van der Waals surface area contributed by atoms with Crippen LogP contribution in [0.2, 0.25) is 0 Å². The summed E-state index contributed by atoms with van der Waals surface area (Å²) in [4.78, 5) is 14.7. The second-order valence-electron chi connectivity index (χ2n) is 8.41. The van der Waals surface area contributed by atoms with E-state index in [1.165, 1.54) is 50.6 Å². The molecule has 0 bridgehead atoms. The summed E-state index contributed by atoms with van der Waals surface area (Å²) in [6.45, 7) is 3.99. The van der Waals surface area contributed by atoms with Gasteiger partial charge in [0.15, 0.2) is 0 Å².